The van der Waals surface area contributed by atoms with E-state index in [1.54, 1.807) is 57.2 Å². The van der Waals surface area contributed by atoms with Crippen LogP contribution in [0.3, 0.4) is 0 Å². The predicted molar refractivity (Wildman–Crippen MR) is 102 cm³/mol. The van der Waals surface area contributed by atoms with Gasteiger partial charge in [0.25, 0.3) is 10.0 Å². The zero-order valence-electron chi connectivity index (χ0n) is 15.7. The Morgan fingerprint density at radius 2 is 1.67 bits per heavy atom. The Labute approximate surface area is 159 Å². The Balaban J connectivity index is 2.13. The number of rotatable bonds is 3. The fraction of sp³-hybridized carbons (Fsp3) is 0.350. The monoisotopic (exact) mass is 389 g/mol. The van der Waals surface area contributed by atoms with Gasteiger partial charge in [0.2, 0.25) is 0 Å². The molecule has 7 heteroatoms. The average Bonchev–Trinajstić information content (AvgIpc) is 2.88. The van der Waals surface area contributed by atoms with E-state index in [2.05, 4.69) is 0 Å². The van der Waals surface area contributed by atoms with Crippen LogP contribution < -0.4 is 4.31 Å². The van der Waals surface area contributed by atoms with Crippen molar-refractivity contribution in [1.29, 1.82) is 0 Å². The van der Waals surface area contributed by atoms with E-state index in [-0.39, 0.29) is 10.6 Å². The SMILES string of the molecule is Cc1ccc(S(=O)(=O)N2c3ccccc3C(O)C2C(=O)OC(C)(C)C)cc1. The number of benzene rings is 2. The lowest BCUT2D eigenvalue weighted by Crippen LogP contribution is -2.47. The summed E-state index contributed by atoms with van der Waals surface area (Å²) in [7, 11) is -4.08. The van der Waals surface area contributed by atoms with Crippen molar-refractivity contribution in [2.75, 3.05) is 4.31 Å². The number of para-hydroxylation sites is 1. The lowest BCUT2D eigenvalue weighted by atomic mass is 10.1. The number of hydrogen-bond acceptors (Lipinski definition) is 5. The number of fused-ring (bicyclic) bond motifs is 1. The molecule has 2 unspecified atom stereocenters. The maximum atomic E-state index is 13.3. The molecule has 0 radical (unpaired) electrons. The van der Waals surface area contributed by atoms with Crippen molar-refractivity contribution >= 4 is 21.7 Å². The Bertz CT molecular complexity index is 961. The van der Waals surface area contributed by atoms with Gasteiger partial charge in [0, 0.05) is 5.56 Å². The van der Waals surface area contributed by atoms with Crippen molar-refractivity contribution in [3.8, 4) is 0 Å². The molecule has 0 saturated carbocycles. The number of nitrogens with zero attached hydrogens (tertiary/aromatic N) is 1. The van der Waals surface area contributed by atoms with Gasteiger partial charge in [-0.05, 0) is 45.9 Å². The third-order valence-corrected chi connectivity index (χ3v) is 6.08. The van der Waals surface area contributed by atoms with Crippen molar-refractivity contribution in [1.82, 2.24) is 0 Å². The van der Waals surface area contributed by atoms with Crippen LogP contribution in [0.1, 0.15) is 38.0 Å². The van der Waals surface area contributed by atoms with Crippen LogP contribution in [0.5, 0.6) is 0 Å². The number of carbonyl (C=O) groups excluding carboxylic acids is 1. The molecule has 2 aromatic carbocycles. The lowest BCUT2D eigenvalue weighted by Gasteiger charge is -2.29. The van der Waals surface area contributed by atoms with Gasteiger partial charge in [-0.15, -0.1) is 0 Å². The summed E-state index contributed by atoms with van der Waals surface area (Å²) in [5.74, 6) is -0.790. The van der Waals surface area contributed by atoms with Gasteiger partial charge in [-0.25, -0.2) is 17.5 Å². The lowest BCUT2D eigenvalue weighted by molar-refractivity contribution is -0.158. The summed E-state index contributed by atoms with van der Waals surface area (Å²) in [4.78, 5) is 12.8. The van der Waals surface area contributed by atoms with E-state index < -0.39 is 33.7 Å². The number of anilines is 1. The highest BCUT2D eigenvalue weighted by atomic mass is 32.2. The van der Waals surface area contributed by atoms with E-state index in [9.17, 15) is 18.3 Å². The molecule has 0 saturated heterocycles. The van der Waals surface area contributed by atoms with E-state index in [0.29, 0.717) is 5.56 Å². The molecule has 27 heavy (non-hydrogen) atoms. The third-order valence-electron chi connectivity index (χ3n) is 4.27. The zero-order valence-corrected chi connectivity index (χ0v) is 16.5. The number of aliphatic hydroxyl groups is 1. The normalized spacial score (nSPS) is 19.7. The van der Waals surface area contributed by atoms with Crippen LogP contribution in [-0.4, -0.2) is 31.1 Å². The number of aryl methyl sites for hydroxylation is 1. The molecule has 6 nitrogen and oxygen atoms in total. The summed E-state index contributed by atoms with van der Waals surface area (Å²) < 4.78 is 33.1. The van der Waals surface area contributed by atoms with Crippen molar-refractivity contribution in [3.05, 3.63) is 59.7 Å². The molecule has 2 atom stereocenters. The molecule has 0 spiro atoms. The molecule has 0 bridgehead atoms. The van der Waals surface area contributed by atoms with E-state index in [4.69, 9.17) is 4.74 Å². The predicted octanol–water partition coefficient (Wildman–Crippen LogP) is 2.95. The van der Waals surface area contributed by atoms with Crippen molar-refractivity contribution < 1.29 is 23.1 Å². The molecule has 0 amide bonds. The molecule has 0 aliphatic carbocycles. The molecule has 1 heterocycles. The molecule has 144 valence electrons. The minimum Gasteiger partial charge on any atom is -0.458 e. The van der Waals surface area contributed by atoms with Gasteiger partial charge in [-0.2, -0.15) is 0 Å². The quantitative estimate of drug-likeness (QED) is 0.816. The molecule has 0 aromatic heterocycles. The van der Waals surface area contributed by atoms with Crippen LogP contribution in [0.2, 0.25) is 0 Å². The van der Waals surface area contributed by atoms with Crippen LogP contribution in [0, 0.1) is 6.92 Å². The van der Waals surface area contributed by atoms with Gasteiger partial charge >= 0.3 is 5.97 Å². The topological polar surface area (TPSA) is 83.9 Å². The molecule has 1 aliphatic rings. The summed E-state index contributed by atoms with van der Waals surface area (Å²) in [5, 5.41) is 10.7. The molecule has 2 aromatic rings. The molecule has 1 aliphatic heterocycles. The van der Waals surface area contributed by atoms with Gasteiger partial charge in [0.15, 0.2) is 6.04 Å². The molecule has 1 N–H and O–H groups in total. The highest BCUT2D eigenvalue weighted by Crippen LogP contribution is 2.43. The summed E-state index contributed by atoms with van der Waals surface area (Å²) in [6.07, 6.45) is -1.31. The van der Waals surface area contributed by atoms with Crippen LogP contribution >= 0.6 is 0 Å². The summed E-state index contributed by atoms with van der Waals surface area (Å²) in [6.45, 7) is 6.93. The summed E-state index contributed by atoms with van der Waals surface area (Å²) in [6, 6.07) is 11.5. The Morgan fingerprint density at radius 1 is 1.07 bits per heavy atom. The number of ether oxygens (including phenoxy) is 1. The first-order valence-corrected chi connectivity index (χ1v) is 10.1. The van der Waals surface area contributed by atoms with Crippen LogP contribution in [0.4, 0.5) is 5.69 Å². The molecular formula is C20H23NO5S. The first-order valence-electron chi connectivity index (χ1n) is 8.63. The molecular weight excluding hydrogens is 366 g/mol. The first-order chi connectivity index (χ1) is 12.5. The van der Waals surface area contributed by atoms with Gasteiger partial charge in [-0.3, -0.25) is 0 Å². The summed E-state index contributed by atoms with van der Waals surface area (Å²) >= 11 is 0. The number of carbonyl (C=O) groups is 1. The minimum absolute atomic E-state index is 0.0468. The van der Waals surface area contributed by atoms with E-state index >= 15 is 0 Å². The van der Waals surface area contributed by atoms with Gasteiger partial charge in [-0.1, -0.05) is 35.9 Å². The van der Waals surface area contributed by atoms with Crippen molar-refractivity contribution in [2.24, 2.45) is 0 Å². The van der Waals surface area contributed by atoms with Gasteiger partial charge < -0.3 is 9.84 Å². The van der Waals surface area contributed by atoms with E-state index in [1.807, 2.05) is 6.92 Å². The Kier molecular flexibility index (Phi) is 4.78. The van der Waals surface area contributed by atoms with Crippen molar-refractivity contribution in [3.63, 3.8) is 0 Å². The fourth-order valence-corrected chi connectivity index (χ4v) is 4.71. The van der Waals surface area contributed by atoms with E-state index in [1.165, 1.54) is 12.1 Å². The standard InChI is InChI=1S/C20H23NO5S/c1-13-9-11-14(12-10-13)27(24,25)21-16-8-6-5-7-15(16)18(22)17(21)19(23)26-20(2,3)4/h5-12,17-18,22H,1-4H3. The van der Waals surface area contributed by atoms with Gasteiger partial charge in [0.05, 0.1) is 10.6 Å². The zero-order chi connectivity index (χ0) is 20.0. The van der Waals surface area contributed by atoms with E-state index in [0.717, 1.165) is 9.87 Å². The molecule has 3 rings (SSSR count). The highest BCUT2D eigenvalue weighted by Gasteiger charge is 2.49. The van der Waals surface area contributed by atoms with Crippen molar-refractivity contribution in [2.45, 2.75) is 50.3 Å². The average molecular weight is 389 g/mol. The maximum Gasteiger partial charge on any atom is 0.333 e. The largest absolute Gasteiger partial charge is 0.458 e. The second-order valence-corrected chi connectivity index (χ2v) is 9.41. The second-order valence-electron chi connectivity index (χ2n) is 7.60. The number of hydrogen-bond donors (Lipinski definition) is 1. The number of esters is 1. The fourth-order valence-electron chi connectivity index (χ4n) is 3.08. The molecule has 0 fully saturated rings. The van der Waals surface area contributed by atoms with Crippen LogP contribution in [0.25, 0.3) is 0 Å². The minimum atomic E-state index is -4.08. The smallest absolute Gasteiger partial charge is 0.333 e. The number of sulfonamides is 1. The highest BCUT2D eigenvalue weighted by molar-refractivity contribution is 7.93. The van der Waals surface area contributed by atoms with Crippen LogP contribution in [-0.2, 0) is 19.6 Å². The number of aliphatic hydroxyl groups excluding tert-OH is 1. The maximum absolute atomic E-state index is 13.3. The summed E-state index contributed by atoms with van der Waals surface area (Å²) in [5.41, 5.74) is 0.759. The second kappa shape index (κ2) is 6.65. The Morgan fingerprint density at radius 3 is 2.26 bits per heavy atom. The Hall–Kier alpha value is -2.38. The first kappa shape index (κ1) is 19.4. The third kappa shape index (κ3) is 3.57. The van der Waals surface area contributed by atoms with Gasteiger partial charge in [0.1, 0.15) is 11.7 Å². The van der Waals surface area contributed by atoms with Crippen LogP contribution in [0.15, 0.2) is 53.4 Å².